The lowest BCUT2D eigenvalue weighted by Gasteiger charge is -2.28. The molecule has 1 aromatic heterocycles. The highest BCUT2D eigenvalue weighted by molar-refractivity contribution is 5.20. The predicted octanol–water partition coefficient (Wildman–Crippen LogP) is -0.0646. The molecule has 2 heterocycles. The average molecular weight is 239 g/mol. The molecule has 0 spiro atoms. The molecule has 0 aliphatic carbocycles. The summed E-state index contributed by atoms with van der Waals surface area (Å²) >= 11 is 0. The minimum atomic E-state index is 0.111. The molecule has 7 heteroatoms. The Balaban J connectivity index is 2.00. The van der Waals surface area contributed by atoms with Gasteiger partial charge in [0.2, 0.25) is 5.95 Å². The number of hydrogen-bond acceptors (Lipinski definition) is 7. The minimum Gasteiger partial charge on any atom is -0.467 e. The molecule has 0 unspecified atom stereocenters. The Labute approximate surface area is 100.0 Å². The molecule has 1 aliphatic heterocycles. The molecule has 0 radical (unpaired) electrons. The number of methoxy groups -OCH3 is 1. The van der Waals surface area contributed by atoms with Gasteiger partial charge in [0.25, 0.3) is 0 Å². The van der Waals surface area contributed by atoms with Crippen molar-refractivity contribution in [3.05, 3.63) is 0 Å². The van der Waals surface area contributed by atoms with Gasteiger partial charge in [0.15, 0.2) is 0 Å². The van der Waals surface area contributed by atoms with Crippen LogP contribution in [0.1, 0.15) is 12.8 Å². The third-order valence-corrected chi connectivity index (χ3v) is 2.73. The molecule has 1 fully saturated rings. The quantitative estimate of drug-likeness (QED) is 0.790. The third kappa shape index (κ3) is 3.16. The van der Waals surface area contributed by atoms with Crippen molar-refractivity contribution in [3.63, 3.8) is 0 Å². The summed E-state index contributed by atoms with van der Waals surface area (Å²) in [4.78, 5) is 14.0. The number of anilines is 1. The molecule has 2 N–H and O–H groups in total. The fraction of sp³-hybridized carbons (Fsp3) is 0.700. The maximum atomic E-state index is 5.68. The Morgan fingerprint density at radius 3 is 2.47 bits per heavy atom. The van der Waals surface area contributed by atoms with E-state index in [0.29, 0.717) is 0 Å². The number of rotatable bonds is 3. The maximum Gasteiger partial charge on any atom is 0.324 e. The highest BCUT2D eigenvalue weighted by Gasteiger charge is 2.19. The van der Waals surface area contributed by atoms with E-state index in [-0.39, 0.29) is 24.1 Å². The molecule has 0 bridgehead atoms. The topological polar surface area (TPSA) is 86.4 Å². The molecule has 7 nitrogen and oxygen atoms in total. The highest BCUT2D eigenvalue weighted by atomic mass is 16.5. The van der Waals surface area contributed by atoms with Gasteiger partial charge in [0.1, 0.15) is 6.10 Å². The number of nitrogens with zero attached hydrogens (tertiary/aromatic N) is 4. The largest absolute Gasteiger partial charge is 0.467 e. The summed E-state index contributed by atoms with van der Waals surface area (Å²) in [6.45, 7) is 2.03. The van der Waals surface area contributed by atoms with Gasteiger partial charge in [0, 0.05) is 13.1 Å². The lowest BCUT2D eigenvalue weighted by atomic mass is 10.1. The first kappa shape index (κ1) is 11.8. The van der Waals surface area contributed by atoms with E-state index in [2.05, 4.69) is 26.9 Å². The first-order valence-electron chi connectivity index (χ1n) is 5.58. The average Bonchev–Trinajstić information content (AvgIpc) is 2.31. The lowest BCUT2D eigenvalue weighted by Crippen LogP contribution is -2.36. The molecule has 0 amide bonds. The number of likely N-dealkylation sites (tertiary alicyclic amines) is 1. The summed E-state index contributed by atoms with van der Waals surface area (Å²) in [5.74, 6) is 0.111. The summed E-state index contributed by atoms with van der Waals surface area (Å²) in [5.41, 5.74) is 5.53. The zero-order chi connectivity index (χ0) is 12.3. The van der Waals surface area contributed by atoms with Gasteiger partial charge in [-0.25, -0.2) is 0 Å². The van der Waals surface area contributed by atoms with Gasteiger partial charge in [0.05, 0.1) is 7.11 Å². The number of hydrogen-bond donors (Lipinski definition) is 1. The monoisotopic (exact) mass is 239 g/mol. The summed E-state index contributed by atoms with van der Waals surface area (Å²) in [6, 6.07) is 0.421. The Morgan fingerprint density at radius 1 is 1.18 bits per heavy atom. The zero-order valence-corrected chi connectivity index (χ0v) is 10.1. The van der Waals surface area contributed by atoms with Crippen LogP contribution in [0.2, 0.25) is 0 Å². The van der Waals surface area contributed by atoms with E-state index in [4.69, 9.17) is 15.2 Å². The maximum absolute atomic E-state index is 5.68. The zero-order valence-electron chi connectivity index (χ0n) is 10.1. The first-order chi connectivity index (χ1) is 8.17. The van der Waals surface area contributed by atoms with Crippen LogP contribution in [0.25, 0.3) is 0 Å². The normalized spacial score (nSPS) is 18.0. The summed E-state index contributed by atoms with van der Waals surface area (Å²) < 4.78 is 10.6. The molecule has 2 rings (SSSR count). The van der Waals surface area contributed by atoms with Gasteiger partial charge in [-0.3, -0.25) is 0 Å². The highest BCUT2D eigenvalue weighted by Crippen LogP contribution is 2.17. The van der Waals surface area contributed by atoms with E-state index in [0.717, 1.165) is 25.9 Å². The number of ether oxygens (including phenoxy) is 2. The van der Waals surface area contributed by atoms with Crippen molar-refractivity contribution in [1.82, 2.24) is 19.9 Å². The van der Waals surface area contributed by atoms with Crippen LogP contribution in [0.3, 0.4) is 0 Å². The third-order valence-electron chi connectivity index (χ3n) is 2.73. The van der Waals surface area contributed by atoms with Crippen LogP contribution in [-0.2, 0) is 0 Å². The van der Waals surface area contributed by atoms with E-state index in [1.165, 1.54) is 7.11 Å². The predicted molar refractivity (Wildman–Crippen MR) is 61.9 cm³/mol. The SMILES string of the molecule is COc1nc(N)nc(OC2CCN(C)CC2)n1. The van der Waals surface area contributed by atoms with Gasteiger partial charge in [-0.1, -0.05) is 0 Å². The Bertz CT molecular complexity index is 379. The van der Waals surface area contributed by atoms with E-state index in [1.54, 1.807) is 0 Å². The van der Waals surface area contributed by atoms with Crippen molar-refractivity contribution in [2.75, 3.05) is 33.0 Å². The van der Waals surface area contributed by atoms with Crippen LogP contribution >= 0.6 is 0 Å². The standard InChI is InChI=1S/C10H17N5O2/c1-15-5-3-7(4-6-15)17-10-13-8(11)12-9(14-10)16-2/h7H,3-6H2,1-2H3,(H2,11,12,13,14). The smallest absolute Gasteiger partial charge is 0.324 e. The van der Waals surface area contributed by atoms with Crippen LogP contribution < -0.4 is 15.2 Å². The molecule has 0 aromatic carbocycles. The van der Waals surface area contributed by atoms with Crippen LogP contribution in [-0.4, -0.2) is 53.2 Å². The van der Waals surface area contributed by atoms with Crippen LogP contribution in [0.5, 0.6) is 12.0 Å². The molecule has 1 aliphatic rings. The van der Waals surface area contributed by atoms with Gasteiger partial charge >= 0.3 is 12.0 Å². The van der Waals surface area contributed by atoms with E-state index < -0.39 is 0 Å². The minimum absolute atomic E-state index is 0.111. The van der Waals surface area contributed by atoms with E-state index >= 15 is 0 Å². The lowest BCUT2D eigenvalue weighted by molar-refractivity contribution is 0.104. The van der Waals surface area contributed by atoms with Gasteiger partial charge in [-0.2, -0.15) is 9.97 Å². The molecule has 94 valence electrons. The van der Waals surface area contributed by atoms with E-state index in [1.807, 2.05) is 0 Å². The second kappa shape index (κ2) is 5.13. The van der Waals surface area contributed by atoms with Crippen molar-refractivity contribution in [2.24, 2.45) is 0 Å². The number of aromatic nitrogens is 3. The summed E-state index contributed by atoms with van der Waals surface area (Å²) in [5, 5.41) is 0. The van der Waals surface area contributed by atoms with Crippen molar-refractivity contribution in [3.8, 4) is 12.0 Å². The summed E-state index contributed by atoms with van der Waals surface area (Å²) in [6.07, 6.45) is 2.06. The molecular formula is C10H17N5O2. The van der Waals surface area contributed by atoms with E-state index in [9.17, 15) is 0 Å². The van der Waals surface area contributed by atoms with Gasteiger partial charge < -0.3 is 20.1 Å². The molecular weight excluding hydrogens is 222 g/mol. The molecule has 0 atom stereocenters. The Kier molecular flexibility index (Phi) is 3.58. The fourth-order valence-electron chi connectivity index (χ4n) is 1.75. The van der Waals surface area contributed by atoms with Crippen LogP contribution in [0, 0.1) is 0 Å². The van der Waals surface area contributed by atoms with Gasteiger partial charge in [-0.05, 0) is 19.9 Å². The number of nitrogen functional groups attached to an aromatic ring is 1. The number of nitrogens with two attached hydrogens (primary N) is 1. The van der Waals surface area contributed by atoms with Crippen LogP contribution in [0.4, 0.5) is 5.95 Å². The molecule has 17 heavy (non-hydrogen) atoms. The molecule has 1 saturated heterocycles. The first-order valence-corrected chi connectivity index (χ1v) is 5.58. The molecule has 1 aromatic rings. The second-order valence-electron chi connectivity index (χ2n) is 4.08. The number of piperidine rings is 1. The fourth-order valence-corrected chi connectivity index (χ4v) is 1.75. The Hall–Kier alpha value is -1.63. The summed E-state index contributed by atoms with van der Waals surface area (Å²) in [7, 11) is 3.58. The van der Waals surface area contributed by atoms with Crippen molar-refractivity contribution in [2.45, 2.75) is 18.9 Å². The van der Waals surface area contributed by atoms with Crippen molar-refractivity contribution in [1.29, 1.82) is 0 Å². The van der Waals surface area contributed by atoms with Crippen LogP contribution in [0.15, 0.2) is 0 Å². The Morgan fingerprint density at radius 2 is 1.82 bits per heavy atom. The van der Waals surface area contributed by atoms with Crippen molar-refractivity contribution < 1.29 is 9.47 Å². The van der Waals surface area contributed by atoms with Crippen molar-refractivity contribution >= 4 is 5.95 Å². The second-order valence-corrected chi connectivity index (χ2v) is 4.08. The van der Waals surface area contributed by atoms with Gasteiger partial charge in [-0.15, -0.1) is 4.98 Å². The molecule has 0 saturated carbocycles.